The van der Waals surface area contributed by atoms with Gasteiger partial charge < -0.3 is 5.11 Å². The molecule has 68 valence electrons. The number of nitrogens with zero attached hydrogens (tertiary/aromatic N) is 1. The maximum Gasteiger partial charge on any atom is 0.308 e. The molecule has 0 aliphatic carbocycles. The van der Waals surface area contributed by atoms with E-state index >= 15 is 0 Å². The number of rotatable bonds is 2. The first-order valence-electron chi connectivity index (χ1n) is 4.03. The lowest BCUT2D eigenvalue weighted by atomic mass is 10.0. The number of pyridine rings is 1. The largest absolute Gasteiger partial charge is 0.481 e. The van der Waals surface area contributed by atoms with E-state index < -0.39 is 5.97 Å². The molecule has 1 aromatic rings. The van der Waals surface area contributed by atoms with Crippen LogP contribution in [-0.4, -0.2) is 21.8 Å². The Balaban J connectivity index is 2.15. The number of hydrogen-bond donors (Lipinski definition) is 1. The number of carboxylic acid groups (broad SMARTS) is 1. The molecule has 0 bridgehead atoms. The van der Waals surface area contributed by atoms with Crippen LogP contribution in [0.5, 0.6) is 0 Å². The van der Waals surface area contributed by atoms with Crippen LogP contribution in [0.4, 0.5) is 0 Å². The van der Waals surface area contributed by atoms with E-state index in [0.717, 1.165) is 11.3 Å². The summed E-state index contributed by atoms with van der Waals surface area (Å²) in [5.41, 5.74) is 1.07. The fourth-order valence-corrected chi connectivity index (χ4v) is 2.56. The van der Waals surface area contributed by atoms with Gasteiger partial charge in [0.2, 0.25) is 0 Å². The third kappa shape index (κ3) is 1.54. The first kappa shape index (κ1) is 8.56. The third-order valence-electron chi connectivity index (χ3n) is 2.17. The molecule has 0 amide bonds. The Hall–Kier alpha value is -1.03. The van der Waals surface area contributed by atoms with Crippen molar-refractivity contribution in [1.29, 1.82) is 0 Å². The highest BCUT2D eigenvalue weighted by molar-refractivity contribution is 8.01. The standard InChI is InChI=1S/C9H9NO2S/c11-9(12)7-5-13-8(7)6-1-3-10-4-2-6/h1-4,7-8H,5H2,(H,11,12). The Morgan fingerprint density at radius 1 is 1.54 bits per heavy atom. The number of hydrogen-bond acceptors (Lipinski definition) is 3. The minimum absolute atomic E-state index is 0.125. The smallest absolute Gasteiger partial charge is 0.308 e. The van der Waals surface area contributed by atoms with Gasteiger partial charge in [-0.3, -0.25) is 9.78 Å². The van der Waals surface area contributed by atoms with Gasteiger partial charge in [0.25, 0.3) is 0 Å². The van der Waals surface area contributed by atoms with Crippen molar-refractivity contribution in [2.45, 2.75) is 5.25 Å². The first-order valence-corrected chi connectivity index (χ1v) is 5.08. The average Bonchev–Trinajstić information content (AvgIpc) is 2.02. The van der Waals surface area contributed by atoms with Crippen LogP contribution in [0.15, 0.2) is 24.5 Å². The van der Waals surface area contributed by atoms with Gasteiger partial charge in [-0.15, -0.1) is 0 Å². The normalized spacial score (nSPS) is 26.5. The van der Waals surface area contributed by atoms with Crippen LogP contribution in [0.1, 0.15) is 10.8 Å². The van der Waals surface area contributed by atoms with E-state index in [9.17, 15) is 4.79 Å². The molecule has 1 aliphatic heterocycles. The Morgan fingerprint density at radius 2 is 2.23 bits per heavy atom. The minimum Gasteiger partial charge on any atom is -0.481 e. The zero-order valence-corrected chi connectivity index (χ0v) is 7.70. The molecule has 2 rings (SSSR count). The van der Waals surface area contributed by atoms with Crippen LogP contribution < -0.4 is 0 Å². The molecular weight excluding hydrogens is 186 g/mol. The fourth-order valence-electron chi connectivity index (χ4n) is 1.37. The maximum atomic E-state index is 10.7. The molecule has 2 atom stereocenters. The van der Waals surface area contributed by atoms with Crippen molar-refractivity contribution in [2.75, 3.05) is 5.75 Å². The van der Waals surface area contributed by atoms with Crippen molar-refractivity contribution in [2.24, 2.45) is 5.92 Å². The predicted molar refractivity (Wildman–Crippen MR) is 50.6 cm³/mol. The van der Waals surface area contributed by atoms with Gasteiger partial charge in [-0.05, 0) is 17.7 Å². The summed E-state index contributed by atoms with van der Waals surface area (Å²) in [5, 5.41) is 8.96. The second kappa shape index (κ2) is 3.38. The molecule has 1 fully saturated rings. The summed E-state index contributed by atoms with van der Waals surface area (Å²) < 4.78 is 0. The number of carbonyl (C=O) groups is 1. The summed E-state index contributed by atoms with van der Waals surface area (Å²) in [7, 11) is 0. The van der Waals surface area contributed by atoms with Gasteiger partial charge in [0, 0.05) is 23.4 Å². The molecule has 2 unspecified atom stereocenters. The molecule has 3 nitrogen and oxygen atoms in total. The molecule has 1 N–H and O–H groups in total. The summed E-state index contributed by atoms with van der Waals surface area (Å²) in [4.78, 5) is 14.6. The quantitative estimate of drug-likeness (QED) is 0.778. The van der Waals surface area contributed by atoms with Gasteiger partial charge in [-0.1, -0.05) is 0 Å². The predicted octanol–water partition coefficient (Wildman–Crippen LogP) is 1.57. The first-order chi connectivity index (χ1) is 6.29. The van der Waals surface area contributed by atoms with Gasteiger partial charge in [-0.25, -0.2) is 0 Å². The van der Waals surface area contributed by atoms with Crippen molar-refractivity contribution < 1.29 is 9.90 Å². The fraction of sp³-hybridized carbons (Fsp3) is 0.333. The van der Waals surface area contributed by atoms with E-state index in [1.54, 1.807) is 24.2 Å². The van der Waals surface area contributed by atoms with Gasteiger partial charge in [-0.2, -0.15) is 11.8 Å². The molecule has 4 heteroatoms. The molecule has 13 heavy (non-hydrogen) atoms. The van der Waals surface area contributed by atoms with Crippen LogP contribution in [-0.2, 0) is 4.79 Å². The van der Waals surface area contributed by atoms with E-state index in [1.807, 2.05) is 12.1 Å². The van der Waals surface area contributed by atoms with Crippen LogP contribution in [0, 0.1) is 5.92 Å². The second-order valence-corrected chi connectivity index (χ2v) is 4.15. The van der Waals surface area contributed by atoms with Crippen molar-refractivity contribution in [3.05, 3.63) is 30.1 Å². The molecule has 0 saturated carbocycles. The van der Waals surface area contributed by atoms with Gasteiger partial charge in [0.1, 0.15) is 0 Å². The summed E-state index contributed by atoms with van der Waals surface area (Å²) >= 11 is 1.69. The lowest BCUT2D eigenvalue weighted by Crippen LogP contribution is -2.30. The van der Waals surface area contributed by atoms with E-state index in [0.29, 0.717) is 0 Å². The Kier molecular flexibility index (Phi) is 2.22. The highest BCUT2D eigenvalue weighted by Gasteiger charge is 2.38. The van der Waals surface area contributed by atoms with Crippen LogP contribution in [0.3, 0.4) is 0 Å². The van der Waals surface area contributed by atoms with Crippen molar-refractivity contribution >= 4 is 17.7 Å². The highest BCUT2D eigenvalue weighted by atomic mass is 32.2. The third-order valence-corrected chi connectivity index (χ3v) is 3.68. The molecular formula is C9H9NO2S. The van der Waals surface area contributed by atoms with Crippen LogP contribution >= 0.6 is 11.8 Å². The molecule has 1 aromatic heterocycles. The summed E-state index contributed by atoms with van der Waals surface area (Å²) in [6, 6.07) is 3.76. The summed E-state index contributed by atoms with van der Waals surface area (Å²) in [6.45, 7) is 0. The second-order valence-electron chi connectivity index (χ2n) is 2.98. The van der Waals surface area contributed by atoms with Gasteiger partial charge in [0.05, 0.1) is 5.92 Å². The van der Waals surface area contributed by atoms with E-state index in [2.05, 4.69) is 4.98 Å². The molecule has 1 aliphatic rings. The number of thioether (sulfide) groups is 1. The molecule has 1 saturated heterocycles. The van der Waals surface area contributed by atoms with Crippen molar-refractivity contribution in [3.63, 3.8) is 0 Å². The van der Waals surface area contributed by atoms with E-state index in [1.165, 1.54) is 0 Å². The SMILES string of the molecule is O=C(O)C1CSC1c1ccncc1. The highest BCUT2D eigenvalue weighted by Crippen LogP contribution is 2.47. The average molecular weight is 195 g/mol. The summed E-state index contributed by atoms with van der Waals surface area (Å²) in [6.07, 6.45) is 3.40. The monoisotopic (exact) mass is 195 g/mol. The molecule has 0 radical (unpaired) electrons. The van der Waals surface area contributed by atoms with Gasteiger partial charge >= 0.3 is 5.97 Å². The van der Waals surface area contributed by atoms with Crippen LogP contribution in [0.2, 0.25) is 0 Å². The molecule has 0 aromatic carbocycles. The number of aromatic nitrogens is 1. The van der Waals surface area contributed by atoms with Crippen molar-refractivity contribution in [3.8, 4) is 0 Å². The molecule has 0 spiro atoms. The summed E-state index contributed by atoms with van der Waals surface area (Å²) in [5.74, 6) is -0.185. The lowest BCUT2D eigenvalue weighted by Gasteiger charge is -2.32. The Bertz CT molecular complexity index is 315. The van der Waals surface area contributed by atoms with Crippen molar-refractivity contribution in [1.82, 2.24) is 4.98 Å². The number of carboxylic acids is 1. The Labute approximate surface area is 80.2 Å². The van der Waals surface area contributed by atoms with E-state index in [-0.39, 0.29) is 11.2 Å². The Morgan fingerprint density at radius 3 is 2.69 bits per heavy atom. The number of aliphatic carboxylic acids is 1. The van der Waals surface area contributed by atoms with Crippen LogP contribution in [0.25, 0.3) is 0 Å². The maximum absolute atomic E-state index is 10.7. The van der Waals surface area contributed by atoms with Gasteiger partial charge in [0.15, 0.2) is 0 Å². The van der Waals surface area contributed by atoms with E-state index in [4.69, 9.17) is 5.11 Å². The topological polar surface area (TPSA) is 50.2 Å². The zero-order valence-electron chi connectivity index (χ0n) is 6.88. The molecule has 2 heterocycles. The zero-order chi connectivity index (χ0) is 9.26. The lowest BCUT2D eigenvalue weighted by molar-refractivity contribution is -0.141. The minimum atomic E-state index is -0.694.